The summed E-state index contributed by atoms with van der Waals surface area (Å²) in [7, 11) is 0. The monoisotopic (exact) mass is 151 g/mol. The lowest BCUT2D eigenvalue weighted by atomic mass is 10.1. The van der Waals surface area contributed by atoms with Gasteiger partial charge in [0.15, 0.2) is 0 Å². The molecule has 0 fully saturated rings. The molecule has 11 heavy (non-hydrogen) atoms. The summed E-state index contributed by atoms with van der Waals surface area (Å²) >= 11 is 0. The predicted octanol–water partition coefficient (Wildman–Crippen LogP) is 1.40. The van der Waals surface area contributed by atoms with Crippen molar-refractivity contribution in [2.24, 2.45) is 0 Å². The SMILES string of the molecule is CCC1=CC(C=O)=CC(C)N1. The van der Waals surface area contributed by atoms with Gasteiger partial charge >= 0.3 is 0 Å². The zero-order valence-electron chi connectivity index (χ0n) is 6.92. The van der Waals surface area contributed by atoms with E-state index in [0.717, 1.165) is 24.0 Å². The standard InChI is InChI=1S/C9H13NO/c1-3-9-5-8(6-11)4-7(2)10-9/h4-7,10H,3H2,1-2H3. The van der Waals surface area contributed by atoms with Crippen LogP contribution in [-0.4, -0.2) is 12.3 Å². The Hall–Kier alpha value is -1.05. The molecule has 60 valence electrons. The first-order valence-corrected chi connectivity index (χ1v) is 3.90. The van der Waals surface area contributed by atoms with Crippen LogP contribution in [0.25, 0.3) is 0 Å². The molecule has 0 bridgehead atoms. The molecule has 0 aromatic rings. The molecular formula is C9H13NO. The number of carbonyl (C=O) groups excluding carboxylic acids is 1. The maximum Gasteiger partial charge on any atom is 0.149 e. The van der Waals surface area contributed by atoms with Crippen molar-refractivity contribution in [3.8, 4) is 0 Å². The van der Waals surface area contributed by atoms with Gasteiger partial charge in [0, 0.05) is 17.3 Å². The molecule has 1 unspecified atom stereocenters. The number of hydrogen-bond donors (Lipinski definition) is 1. The summed E-state index contributed by atoms with van der Waals surface area (Å²) in [5.74, 6) is 0. The fourth-order valence-corrected chi connectivity index (χ4v) is 1.19. The molecule has 2 heteroatoms. The minimum absolute atomic E-state index is 0.287. The molecule has 1 heterocycles. The lowest BCUT2D eigenvalue weighted by Crippen LogP contribution is -2.26. The zero-order valence-corrected chi connectivity index (χ0v) is 6.92. The quantitative estimate of drug-likeness (QED) is 0.604. The van der Waals surface area contributed by atoms with Crippen LogP contribution < -0.4 is 5.32 Å². The first kappa shape index (κ1) is 8.05. The summed E-state index contributed by atoms with van der Waals surface area (Å²) in [5.41, 5.74) is 1.93. The molecular weight excluding hydrogens is 138 g/mol. The van der Waals surface area contributed by atoms with E-state index >= 15 is 0 Å². The number of nitrogens with one attached hydrogen (secondary N) is 1. The first-order valence-electron chi connectivity index (χ1n) is 3.90. The predicted molar refractivity (Wildman–Crippen MR) is 45.1 cm³/mol. The Bertz CT molecular complexity index is 216. The molecule has 0 amide bonds. The zero-order chi connectivity index (χ0) is 8.27. The summed E-state index contributed by atoms with van der Waals surface area (Å²) in [6.45, 7) is 4.10. The van der Waals surface area contributed by atoms with Gasteiger partial charge in [-0.15, -0.1) is 0 Å². The molecule has 1 rings (SSSR count). The van der Waals surface area contributed by atoms with Crippen molar-refractivity contribution in [2.75, 3.05) is 0 Å². The van der Waals surface area contributed by atoms with Gasteiger partial charge in [-0.1, -0.05) is 13.0 Å². The summed E-state index contributed by atoms with van der Waals surface area (Å²) < 4.78 is 0. The van der Waals surface area contributed by atoms with Gasteiger partial charge in [0.05, 0.1) is 0 Å². The van der Waals surface area contributed by atoms with Crippen LogP contribution >= 0.6 is 0 Å². The van der Waals surface area contributed by atoms with Gasteiger partial charge in [-0.2, -0.15) is 0 Å². The molecule has 0 radical (unpaired) electrons. The Morgan fingerprint density at radius 3 is 3.00 bits per heavy atom. The van der Waals surface area contributed by atoms with Crippen LogP contribution in [0.4, 0.5) is 0 Å². The van der Waals surface area contributed by atoms with Gasteiger partial charge in [-0.25, -0.2) is 0 Å². The Morgan fingerprint density at radius 2 is 2.45 bits per heavy atom. The lowest BCUT2D eigenvalue weighted by Gasteiger charge is -2.18. The van der Waals surface area contributed by atoms with Crippen molar-refractivity contribution < 1.29 is 4.79 Å². The van der Waals surface area contributed by atoms with E-state index < -0.39 is 0 Å². The molecule has 0 aliphatic carbocycles. The molecule has 1 aliphatic heterocycles. The van der Waals surface area contributed by atoms with E-state index in [9.17, 15) is 4.79 Å². The van der Waals surface area contributed by atoms with E-state index in [2.05, 4.69) is 12.2 Å². The van der Waals surface area contributed by atoms with Gasteiger partial charge in [-0.05, 0) is 19.4 Å². The van der Waals surface area contributed by atoms with Crippen molar-refractivity contribution in [3.63, 3.8) is 0 Å². The maximum atomic E-state index is 10.4. The number of dihydropyridines is 1. The van der Waals surface area contributed by atoms with Crippen molar-refractivity contribution in [1.82, 2.24) is 5.32 Å². The normalized spacial score (nSPS) is 23.3. The average molecular weight is 151 g/mol. The van der Waals surface area contributed by atoms with E-state index in [0.29, 0.717) is 0 Å². The number of aldehydes is 1. The highest BCUT2D eigenvalue weighted by molar-refractivity contribution is 5.78. The van der Waals surface area contributed by atoms with Gasteiger partial charge in [0.25, 0.3) is 0 Å². The largest absolute Gasteiger partial charge is 0.382 e. The van der Waals surface area contributed by atoms with E-state index in [1.165, 1.54) is 0 Å². The van der Waals surface area contributed by atoms with Crippen molar-refractivity contribution in [1.29, 1.82) is 0 Å². The Morgan fingerprint density at radius 1 is 1.73 bits per heavy atom. The summed E-state index contributed by atoms with van der Waals surface area (Å²) in [6, 6.07) is 0.287. The fourth-order valence-electron chi connectivity index (χ4n) is 1.19. The third kappa shape index (κ3) is 1.93. The molecule has 0 saturated carbocycles. The summed E-state index contributed by atoms with van der Waals surface area (Å²) in [6.07, 6.45) is 5.67. The third-order valence-corrected chi connectivity index (χ3v) is 1.71. The van der Waals surface area contributed by atoms with Crippen LogP contribution in [0, 0.1) is 0 Å². The molecule has 2 nitrogen and oxygen atoms in total. The third-order valence-electron chi connectivity index (χ3n) is 1.71. The highest BCUT2D eigenvalue weighted by Crippen LogP contribution is 2.10. The Kier molecular flexibility index (Phi) is 2.47. The van der Waals surface area contributed by atoms with E-state index in [4.69, 9.17) is 0 Å². The molecule has 0 saturated heterocycles. The van der Waals surface area contributed by atoms with Gasteiger partial charge < -0.3 is 5.32 Å². The fraction of sp³-hybridized carbons (Fsp3) is 0.444. The molecule has 1 N–H and O–H groups in total. The molecule has 0 aromatic heterocycles. The van der Waals surface area contributed by atoms with Crippen molar-refractivity contribution in [2.45, 2.75) is 26.3 Å². The van der Waals surface area contributed by atoms with Gasteiger partial charge in [-0.3, -0.25) is 4.79 Å². The first-order chi connectivity index (χ1) is 5.26. The van der Waals surface area contributed by atoms with Crippen LogP contribution in [0.15, 0.2) is 23.4 Å². The minimum atomic E-state index is 0.287. The van der Waals surface area contributed by atoms with Crippen molar-refractivity contribution in [3.05, 3.63) is 23.4 Å². The average Bonchev–Trinajstić information content (AvgIpc) is 2.03. The number of carbonyl (C=O) groups is 1. The summed E-state index contributed by atoms with van der Waals surface area (Å²) in [4.78, 5) is 10.4. The molecule has 0 aromatic carbocycles. The molecule has 0 spiro atoms. The second-order valence-electron chi connectivity index (χ2n) is 2.74. The Balaban J connectivity index is 2.79. The minimum Gasteiger partial charge on any atom is -0.382 e. The highest BCUT2D eigenvalue weighted by Gasteiger charge is 2.07. The van der Waals surface area contributed by atoms with Crippen LogP contribution in [0.1, 0.15) is 20.3 Å². The van der Waals surface area contributed by atoms with E-state index in [1.54, 1.807) is 0 Å². The van der Waals surface area contributed by atoms with Crippen LogP contribution in [0.5, 0.6) is 0 Å². The maximum absolute atomic E-state index is 10.4. The van der Waals surface area contributed by atoms with Crippen LogP contribution in [0.2, 0.25) is 0 Å². The number of hydrogen-bond acceptors (Lipinski definition) is 2. The smallest absolute Gasteiger partial charge is 0.149 e. The van der Waals surface area contributed by atoms with Crippen LogP contribution in [0.3, 0.4) is 0 Å². The number of rotatable bonds is 2. The second kappa shape index (κ2) is 3.37. The summed E-state index contributed by atoms with van der Waals surface area (Å²) in [5, 5.41) is 3.26. The topological polar surface area (TPSA) is 29.1 Å². The van der Waals surface area contributed by atoms with E-state index in [1.807, 2.05) is 19.1 Å². The number of allylic oxidation sites excluding steroid dienone is 3. The van der Waals surface area contributed by atoms with E-state index in [-0.39, 0.29) is 6.04 Å². The van der Waals surface area contributed by atoms with Crippen molar-refractivity contribution >= 4 is 6.29 Å². The van der Waals surface area contributed by atoms with Gasteiger partial charge in [0.1, 0.15) is 6.29 Å². The second-order valence-corrected chi connectivity index (χ2v) is 2.74. The lowest BCUT2D eigenvalue weighted by molar-refractivity contribution is -0.104. The van der Waals surface area contributed by atoms with Gasteiger partial charge in [0.2, 0.25) is 0 Å². The highest BCUT2D eigenvalue weighted by atomic mass is 16.1. The molecule has 1 atom stereocenters. The van der Waals surface area contributed by atoms with Crippen LogP contribution in [-0.2, 0) is 4.79 Å². The molecule has 1 aliphatic rings. The Labute approximate surface area is 67.0 Å².